The Labute approximate surface area is 105 Å². The average Bonchev–Trinajstić information content (AvgIpc) is 2.22. The van der Waals surface area contributed by atoms with Crippen LogP contribution in [0.3, 0.4) is 0 Å². The Hall–Kier alpha value is -0.315. The van der Waals surface area contributed by atoms with Gasteiger partial charge in [-0.2, -0.15) is 0 Å². The fraction of sp³-hybridized carbons (Fsp3) is 0.500. The number of piperidine rings is 1. The van der Waals surface area contributed by atoms with Crippen LogP contribution in [-0.4, -0.2) is 30.9 Å². The fourth-order valence-corrected chi connectivity index (χ4v) is 2.41. The Morgan fingerprint density at radius 3 is 2.56 bits per heavy atom. The van der Waals surface area contributed by atoms with E-state index in [1.165, 1.54) is 12.3 Å². The molecule has 0 amide bonds. The molecule has 2 radical (unpaired) electrons. The Morgan fingerprint density at radius 2 is 2.00 bits per heavy atom. The molecule has 1 aliphatic rings. The van der Waals surface area contributed by atoms with Crippen LogP contribution in [0.1, 0.15) is 18.5 Å². The molecule has 1 saturated heterocycles. The summed E-state index contributed by atoms with van der Waals surface area (Å²) in [5, 5.41) is 0.689. The van der Waals surface area contributed by atoms with E-state index in [1.807, 2.05) is 0 Å². The summed E-state index contributed by atoms with van der Waals surface area (Å²) in [6.45, 7) is 0.994. The third kappa shape index (κ3) is 2.34. The summed E-state index contributed by atoms with van der Waals surface area (Å²) in [5.41, 5.74) is -1.22. The smallest absolute Gasteiger partial charge is 0.182 e. The zero-order valence-electron chi connectivity index (χ0n) is 8.59. The van der Waals surface area contributed by atoms with Crippen molar-refractivity contribution in [1.82, 2.24) is 9.79 Å². The Morgan fingerprint density at radius 1 is 1.38 bits per heavy atom. The van der Waals surface area contributed by atoms with Gasteiger partial charge >= 0.3 is 0 Å². The molecule has 84 valence electrons. The molecule has 0 spiro atoms. The van der Waals surface area contributed by atoms with Crippen molar-refractivity contribution in [2.45, 2.75) is 18.5 Å². The molecule has 0 unspecified atom stereocenters. The molecule has 0 saturated carbocycles. The first-order chi connectivity index (χ1) is 7.51. The summed E-state index contributed by atoms with van der Waals surface area (Å²) in [5.74, 6) is 0. The normalized spacial score (nSPS) is 20.9. The first kappa shape index (κ1) is 12.2. The van der Waals surface area contributed by atoms with Gasteiger partial charge in [-0.1, -0.05) is 23.2 Å². The van der Waals surface area contributed by atoms with Crippen LogP contribution in [0.5, 0.6) is 0 Å². The second kappa shape index (κ2) is 4.51. The Bertz CT molecular complexity index is 394. The molecule has 2 nitrogen and oxygen atoms in total. The van der Waals surface area contributed by atoms with Crippen LogP contribution in [0, 0.1) is 0 Å². The Kier molecular flexibility index (Phi) is 3.43. The minimum atomic E-state index is -1.49. The third-order valence-electron chi connectivity index (χ3n) is 2.82. The molecule has 0 bridgehead atoms. The maximum absolute atomic E-state index is 14.6. The lowest BCUT2D eigenvalue weighted by Crippen LogP contribution is -2.39. The van der Waals surface area contributed by atoms with Gasteiger partial charge in [0.15, 0.2) is 13.6 Å². The van der Waals surface area contributed by atoms with E-state index in [2.05, 4.69) is 4.98 Å². The molecule has 1 aromatic heterocycles. The molecule has 0 atom stereocenters. The number of hydrogen-bond donors (Lipinski definition) is 0. The zero-order valence-corrected chi connectivity index (χ0v) is 10.1. The second-order valence-electron chi connectivity index (χ2n) is 3.99. The van der Waals surface area contributed by atoms with Gasteiger partial charge in [0.1, 0.15) is 0 Å². The predicted molar refractivity (Wildman–Crippen MR) is 63.6 cm³/mol. The van der Waals surface area contributed by atoms with E-state index in [0.717, 1.165) is 0 Å². The van der Waals surface area contributed by atoms with Crippen LogP contribution < -0.4 is 0 Å². The summed E-state index contributed by atoms with van der Waals surface area (Å²) in [6.07, 6.45) is 2.02. The number of halogens is 3. The number of pyridine rings is 1. The van der Waals surface area contributed by atoms with Crippen LogP contribution in [0.25, 0.3) is 0 Å². The molecule has 2 rings (SSSR count). The van der Waals surface area contributed by atoms with Gasteiger partial charge in [-0.25, -0.2) is 4.39 Å². The van der Waals surface area contributed by atoms with Gasteiger partial charge in [0, 0.05) is 6.20 Å². The minimum absolute atomic E-state index is 0.270. The van der Waals surface area contributed by atoms with E-state index in [1.54, 1.807) is 4.81 Å². The van der Waals surface area contributed by atoms with E-state index in [-0.39, 0.29) is 10.7 Å². The summed E-state index contributed by atoms with van der Waals surface area (Å²) >= 11 is 11.7. The molecule has 1 fully saturated rings. The third-order valence-corrected chi connectivity index (χ3v) is 3.32. The maximum atomic E-state index is 14.6. The molecule has 1 aliphatic heterocycles. The van der Waals surface area contributed by atoms with E-state index in [0.29, 0.717) is 31.0 Å². The fourth-order valence-electron chi connectivity index (χ4n) is 1.86. The van der Waals surface area contributed by atoms with Crippen molar-refractivity contribution in [2.75, 3.05) is 13.1 Å². The summed E-state index contributed by atoms with van der Waals surface area (Å²) in [7, 11) is 5.59. The largest absolute Gasteiger partial charge is 0.353 e. The molecule has 1 aromatic rings. The molecule has 6 heteroatoms. The first-order valence-electron chi connectivity index (χ1n) is 5.01. The highest BCUT2D eigenvalue weighted by Crippen LogP contribution is 2.39. The highest BCUT2D eigenvalue weighted by atomic mass is 35.5. The quantitative estimate of drug-likeness (QED) is 0.721. The highest BCUT2D eigenvalue weighted by molar-refractivity contribution is 6.34. The van der Waals surface area contributed by atoms with Crippen molar-refractivity contribution < 1.29 is 4.39 Å². The highest BCUT2D eigenvalue weighted by Gasteiger charge is 2.38. The van der Waals surface area contributed by atoms with Gasteiger partial charge in [-0.3, -0.25) is 4.98 Å². The van der Waals surface area contributed by atoms with Crippen LogP contribution >= 0.6 is 23.2 Å². The van der Waals surface area contributed by atoms with Gasteiger partial charge in [0.05, 0.1) is 15.7 Å². The van der Waals surface area contributed by atoms with E-state index >= 15 is 0 Å². The summed E-state index contributed by atoms with van der Waals surface area (Å²) in [6, 6.07) is 1.52. The lowest BCUT2D eigenvalue weighted by Gasteiger charge is -2.34. The molecular weight excluding hydrogens is 249 g/mol. The van der Waals surface area contributed by atoms with Crippen molar-refractivity contribution in [3.05, 3.63) is 28.0 Å². The van der Waals surface area contributed by atoms with E-state index < -0.39 is 5.67 Å². The first-order valence-corrected chi connectivity index (χ1v) is 5.77. The average molecular weight is 259 g/mol. The van der Waals surface area contributed by atoms with Gasteiger partial charge in [-0.05, 0) is 32.0 Å². The van der Waals surface area contributed by atoms with Crippen LogP contribution in [0.4, 0.5) is 4.39 Å². The number of rotatable bonds is 1. The zero-order chi connectivity index (χ0) is 11.8. The van der Waals surface area contributed by atoms with E-state index in [9.17, 15) is 4.39 Å². The van der Waals surface area contributed by atoms with Crippen molar-refractivity contribution in [3.63, 3.8) is 0 Å². The van der Waals surface area contributed by atoms with Crippen molar-refractivity contribution in [1.29, 1.82) is 0 Å². The predicted octanol–water partition coefficient (Wildman–Crippen LogP) is 2.73. The van der Waals surface area contributed by atoms with Gasteiger partial charge in [0.2, 0.25) is 0 Å². The van der Waals surface area contributed by atoms with Gasteiger partial charge in [0.25, 0.3) is 0 Å². The standard InChI is InChI=1S/C10H10BCl2FN2/c11-16-3-1-10(14,2-4-16)9-8(13)5-7(12)6-15-9/h5-6H,1-4H2. The van der Waals surface area contributed by atoms with Gasteiger partial charge in [-0.15, -0.1) is 0 Å². The molecule has 0 aromatic carbocycles. The number of nitrogens with zero attached hydrogens (tertiary/aromatic N) is 2. The Balaban J connectivity index is 2.29. The van der Waals surface area contributed by atoms with Crippen molar-refractivity contribution >= 4 is 31.2 Å². The lowest BCUT2D eigenvalue weighted by molar-refractivity contribution is 0.0832. The van der Waals surface area contributed by atoms with E-state index in [4.69, 9.17) is 31.2 Å². The maximum Gasteiger partial charge on any atom is 0.182 e. The number of alkyl halides is 1. The minimum Gasteiger partial charge on any atom is -0.353 e. The van der Waals surface area contributed by atoms with Crippen LogP contribution in [0.2, 0.25) is 10.0 Å². The summed E-state index contributed by atoms with van der Waals surface area (Å²) < 4.78 is 14.6. The molecule has 2 heterocycles. The molecule has 0 N–H and O–H groups in total. The van der Waals surface area contributed by atoms with Crippen LogP contribution in [0.15, 0.2) is 12.3 Å². The molecular formula is C10H10BCl2FN2. The lowest BCUT2D eigenvalue weighted by atomic mass is 9.88. The molecule has 16 heavy (non-hydrogen) atoms. The molecule has 0 aliphatic carbocycles. The topological polar surface area (TPSA) is 16.1 Å². The SMILES string of the molecule is [B]N1CCC(F)(c2ncc(Cl)cc2Cl)CC1. The summed E-state index contributed by atoms with van der Waals surface area (Å²) in [4.78, 5) is 5.60. The number of aromatic nitrogens is 1. The van der Waals surface area contributed by atoms with Crippen molar-refractivity contribution in [3.8, 4) is 0 Å². The second-order valence-corrected chi connectivity index (χ2v) is 4.83. The van der Waals surface area contributed by atoms with Gasteiger partial charge < -0.3 is 4.81 Å². The van der Waals surface area contributed by atoms with Crippen molar-refractivity contribution in [2.24, 2.45) is 0 Å². The monoisotopic (exact) mass is 258 g/mol. The van der Waals surface area contributed by atoms with Crippen LogP contribution in [-0.2, 0) is 5.67 Å². The number of hydrogen-bond acceptors (Lipinski definition) is 2.